The average Bonchev–Trinajstić information content (AvgIpc) is 2.56. The quantitative estimate of drug-likeness (QED) is 0.904. The van der Waals surface area contributed by atoms with Crippen molar-refractivity contribution >= 4 is 28.9 Å². The van der Waals surface area contributed by atoms with Gasteiger partial charge in [-0.05, 0) is 12.0 Å². The van der Waals surface area contributed by atoms with Crippen LogP contribution in [0, 0.1) is 11.8 Å². The van der Waals surface area contributed by atoms with Crippen LogP contribution < -0.4 is 0 Å². The van der Waals surface area contributed by atoms with Crippen LogP contribution in [0.25, 0.3) is 0 Å². The van der Waals surface area contributed by atoms with E-state index in [1.165, 1.54) is 4.88 Å². The second-order valence-corrected chi connectivity index (χ2v) is 5.74. The van der Waals surface area contributed by atoms with E-state index in [1.807, 2.05) is 11.4 Å². The third-order valence-corrected chi connectivity index (χ3v) is 4.35. The first-order chi connectivity index (χ1) is 7.56. The van der Waals surface area contributed by atoms with E-state index < -0.39 is 5.97 Å². The normalized spacial score (nSPS) is 19.4. The van der Waals surface area contributed by atoms with Gasteiger partial charge in [-0.3, -0.25) is 9.69 Å². The zero-order valence-electron chi connectivity index (χ0n) is 9.02. The molecular weight excluding hydrogens is 246 g/mol. The van der Waals surface area contributed by atoms with Crippen molar-refractivity contribution in [2.45, 2.75) is 13.5 Å². The molecule has 1 saturated heterocycles. The average molecular weight is 260 g/mol. The number of hydrogen-bond donors (Lipinski definition) is 1. The summed E-state index contributed by atoms with van der Waals surface area (Å²) in [6.07, 6.45) is 0. The van der Waals surface area contributed by atoms with E-state index in [4.69, 9.17) is 16.7 Å². The molecule has 1 aliphatic rings. The van der Waals surface area contributed by atoms with Gasteiger partial charge in [-0.2, -0.15) is 0 Å². The summed E-state index contributed by atoms with van der Waals surface area (Å²) >= 11 is 7.49. The molecule has 2 heterocycles. The number of halogens is 1. The highest BCUT2D eigenvalue weighted by atomic mass is 35.5. The molecule has 0 radical (unpaired) electrons. The van der Waals surface area contributed by atoms with E-state index in [1.54, 1.807) is 18.3 Å². The maximum atomic E-state index is 10.8. The minimum atomic E-state index is -0.691. The third kappa shape index (κ3) is 2.56. The van der Waals surface area contributed by atoms with E-state index in [-0.39, 0.29) is 5.92 Å². The Morgan fingerprint density at radius 2 is 2.44 bits per heavy atom. The predicted octanol–water partition coefficient (Wildman–Crippen LogP) is 2.55. The molecule has 1 atom stereocenters. The monoisotopic (exact) mass is 259 g/mol. The van der Waals surface area contributed by atoms with Crippen LogP contribution in [0.3, 0.4) is 0 Å². The fourth-order valence-corrected chi connectivity index (χ4v) is 3.03. The Hall–Kier alpha value is -0.580. The molecule has 0 amide bonds. The highest BCUT2D eigenvalue weighted by Gasteiger charge is 2.34. The molecule has 0 bridgehead atoms. The van der Waals surface area contributed by atoms with Crippen LogP contribution in [0.1, 0.15) is 11.8 Å². The van der Waals surface area contributed by atoms with Crippen LogP contribution in [0.2, 0.25) is 5.02 Å². The fraction of sp³-hybridized carbons (Fsp3) is 0.545. The van der Waals surface area contributed by atoms with Crippen molar-refractivity contribution in [1.29, 1.82) is 0 Å². The molecule has 0 spiro atoms. The highest BCUT2D eigenvalue weighted by Crippen LogP contribution is 2.28. The predicted molar refractivity (Wildman–Crippen MR) is 64.9 cm³/mol. The van der Waals surface area contributed by atoms with Crippen molar-refractivity contribution < 1.29 is 9.90 Å². The first-order valence-electron chi connectivity index (χ1n) is 5.24. The zero-order chi connectivity index (χ0) is 11.7. The maximum Gasteiger partial charge on any atom is 0.306 e. The summed E-state index contributed by atoms with van der Waals surface area (Å²) in [5.74, 6) is -0.625. The Kier molecular flexibility index (Phi) is 3.52. The number of aliphatic carboxylic acids is 1. The van der Waals surface area contributed by atoms with Crippen LogP contribution in [-0.4, -0.2) is 29.1 Å². The summed E-state index contributed by atoms with van der Waals surface area (Å²) in [5.41, 5.74) is 0. The van der Waals surface area contributed by atoms with Crippen molar-refractivity contribution in [3.8, 4) is 0 Å². The molecule has 0 saturated carbocycles. The number of carboxylic acid groups (broad SMARTS) is 1. The largest absolute Gasteiger partial charge is 0.481 e. The lowest BCUT2D eigenvalue weighted by Gasteiger charge is -2.41. The summed E-state index contributed by atoms with van der Waals surface area (Å²) < 4.78 is 0. The number of rotatable bonds is 4. The Morgan fingerprint density at radius 3 is 2.94 bits per heavy atom. The van der Waals surface area contributed by atoms with Gasteiger partial charge >= 0.3 is 5.97 Å². The topological polar surface area (TPSA) is 40.5 Å². The van der Waals surface area contributed by atoms with Gasteiger partial charge in [-0.25, -0.2) is 0 Å². The molecule has 88 valence electrons. The molecule has 1 aliphatic heterocycles. The molecule has 0 aromatic carbocycles. The van der Waals surface area contributed by atoms with E-state index in [9.17, 15) is 4.79 Å². The lowest BCUT2D eigenvalue weighted by atomic mass is 9.87. The molecule has 1 unspecified atom stereocenters. The molecule has 1 aromatic heterocycles. The molecule has 1 fully saturated rings. The minimum Gasteiger partial charge on any atom is -0.481 e. The molecule has 0 aliphatic carbocycles. The summed E-state index contributed by atoms with van der Waals surface area (Å²) in [5, 5.41) is 11.6. The Morgan fingerprint density at radius 1 is 1.75 bits per heavy atom. The van der Waals surface area contributed by atoms with E-state index in [2.05, 4.69) is 4.90 Å². The lowest BCUT2D eigenvalue weighted by molar-refractivity contribution is -0.145. The number of hydrogen-bond acceptors (Lipinski definition) is 3. The maximum absolute atomic E-state index is 10.8. The van der Waals surface area contributed by atoms with Gasteiger partial charge in [0.15, 0.2) is 0 Å². The van der Waals surface area contributed by atoms with Gasteiger partial charge in [0, 0.05) is 29.9 Å². The summed E-state index contributed by atoms with van der Waals surface area (Å²) in [4.78, 5) is 14.3. The lowest BCUT2D eigenvalue weighted by Crippen LogP contribution is -2.50. The van der Waals surface area contributed by atoms with Crippen LogP contribution in [0.4, 0.5) is 0 Å². The Balaban J connectivity index is 1.79. The van der Waals surface area contributed by atoms with Gasteiger partial charge in [0.25, 0.3) is 0 Å². The van der Waals surface area contributed by atoms with Gasteiger partial charge in [-0.1, -0.05) is 18.5 Å². The molecule has 1 N–H and O–H groups in total. The van der Waals surface area contributed by atoms with Gasteiger partial charge in [-0.15, -0.1) is 11.3 Å². The van der Waals surface area contributed by atoms with Crippen LogP contribution in [0.5, 0.6) is 0 Å². The molecule has 3 nitrogen and oxygen atoms in total. The fourth-order valence-electron chi connectivity index (χ4n) is 1.91. The Labute approximate surface area is 104 Å². The number of likely N-dealkylation sites (tertiary alicyclic amines) is 1. The van der Waals surface area contributed by atoms with Crippen molar-refractivity contribution in [3.05, 3.63) is 21.3 Å². The van der Waals surface area contributed by atoms with Crippen molar-refractivity contribution in [3.63, 3.8) is 0 Å². The van der Waals surface area contributed by atoms with Crippen LogP contribution in [-0.2, 0) is 11.3 Å². The van der Waals surface area contributed by atoms with E-state index >= 15 is 0 Å². The standard InChI is InChI=1S/C11H14ClNO2S/c1-7(11(14)15)8-3-13(4-8)5-10-2-9(12)6-16-10/h2,6-8H,3-5H2,1H3,(H,14,15). The van der Waals surface area contributed by atoms with Gasteiger partial charge in [0.1, 0.15) is 0 Å². The number of carbonyl (C=O) groups is 1. The molecular formula is C11H14ClNO2S. The summed E-state index contributed by atoms with van der Waals surface area (Å²) in [7, 11) is 0. The second-order valence-electron chi connectivity index (χ2n) is 4.31. The van der Waals surface area contributed by atoms with Crippen LogP contribution >= 0.6 is 22.9 Å². The highest BCUT2D eigenvalue weighted by molar-refractivity contribution is 7.10. The smallest absolute Gasteiger partial charge is 0.306 e. The van der Waals surface area contributed by atoms with Gasteiger partial charge < -0.3 is 5.11 Å². The SMILES string of the molecule is CC(C(=O)O)C1CN(Cc2cc(Cl)cs2)C1. The van der Waals surface area contributed by atoms with Gasteiger partial charge in [0.2, 0.25) is 0 Å². The molecule has 1 aromatic rings. The van der Waals surface area contributed by atoms with Crippen molar-refractivity contribution in [2.75, 3.05) is 13.1 Å². The van der Waals surface area contributed by atoms with Gasteiger partial charge in [0.05, 0.1) is 10.9 Å². The first kappa shape index (κ1) is 11.9. The molecule has 2 rings (SSSR count). The minimum absolute atomic E-state index is 0.233. The molecule has 5 heteroatoms. The number of nitrogens with zero attached hydrogens (tertiary/aromatic N) is 1. The van der Waals surface area contributed by atoms with Crippen LogP contribution in [0.15, 0.2) is 11.4 Å². The number of carboxylic acids is 1. The summed E-state index contributed by atoms with van der Waals surface area (Å²) in [6, 6.07) is 1.97. The third-order valence-electron chi connectivity index (χ3n) is 3.08. The first-order valence-corrected chi connectivity index (χ1v) is 6.50. The molecule has 16 heavy (non-hydrogen) atoms. The Bertz CT molecular complexity index is 387. The zero-order valence-corrected chi connectivity index (χ0v) is 10.6. The van der Waals surface area contributed by atoms with E-state index in [0.717, 1.165) is 24.7 Å². The number of thiophene rings is 1. The van der Waals surface area contributed by atoms with E-state index in [0.29, 0.717) is 5.92 Å². The van der Waals surface area contributed by atoms with Crippen molar-refractivity contribution in [1.82, 2.24) is 4.90 Å². The second kappa shape index (κ2) is 4.73. The van der Waals surface area contributed by atoms with Crippen molar-refractivity contribution in [2.24, 2.45) is 11.8 Å². The summed E-state index contributed by atoms with van der Waals surface area (Å²) in [6.45, 7) is 4.43.